The maximum Gasteiger partial charge on any atom is 0.213 e. The maximum atomic E-state index is 5.64. The number of aryl methyl sites for hydroxylation is 1. The number of aromatic nitrogens is 1. The van der Waals surface area contributed by atoms with Crippen molar-refractivity contribution in [3.63, 3.8) is 0 Å². The summed E-state index contributed by atoms with van der Waals surface area (Å²) in [7, 11) is 0. The lowest BCUT2D eigenvalue weighted by atomic mass is 9.94. The highest BCUT2D eigenvalue weighted by Crippen LogP contribution is 2.25. The summed E-state index contributed by atoms with van der Waals surface area (Å²) in [6.45, 7) is 13.4. The molecule has 0 bridgehead atoms. The Labute approximate surface area is 152 Å². The molecule has 2 rings (SSSR count). The average Bonchev–Trinajstić information content (AvgIpc) is 2.63. The molecule has 0 aliphatic rings. The molecular formula is C23H29NO. The van der Waals surface area contributed by atoms with E-state index in [-0.39, 0.29) is 0 Å². The molecule has 0 N–H and O–H groups in total. The number of hydrogen-bond donors (Lipinski definition) is 0. The van der Waals surface area contributed by atoms with Gasteiger partial charge in [-0.25, -0.2) is 4.98 Å². The zero-order valence-electron chi connectivity index (χ0n) is 15.9. The topological polar surface area (TPSA) is 22.1 Å². The van der Waals surface area contributed by atoms with E-state index < -0.39 is 0 Å². The molecule has 2 heteroatoms. The Kier molecular flexibility index (Phi) is 7.00. The van der Waals surface area contributed by atoms with E-state index in [9.17, 15) is 0 Å². The van der Waals surface area contributed by atoms with Crippen molar-refractivity contribution in [2.24, 2.45) is 0 Å². The highest BCUT2D eigenvalue weighted by atomic mass is 16.5. The summed E-state index contributed by atoms with van der Waals surface area (Å²) in [5, 5.41) is 0. The van der Waals surface area contributed by atoms with E-state index in [1.807, 2.05) is 12.3 Å². The number of benzene rings is 1. The Hall–Kier alpha value is -2.35. The van der Waals surface area contributed by atoms with E-state index in [1.54, 1.807) is 0 Å². The normalized spacial score (nSPS) is 11.4. The van der Waals surface area contributed by atoms with Gasteiger partial charge in [0.25, 0.3) is 0 Å². The summed E-state index contributed by atoms with van der Waals surface area (Å²) in [5.41, 5.74) is 7.31. The quantitative estimate of drug-likeness (QED) is 0.417. The molecule has 0 saturated heterocycles. The van der Waals surface area contributed by atoms with Gasteiger partial charge in [0.2, 0.25) is 5.88 Å². The third-order valence-corrected chi connectivity index (χ3v) is 4.56. The zero-order chi connectivity index (χ0) is 18.2. The number of allylic oxidation sites excluding steroid dienone is 3. The van der Waals surface area contributed by atoms with Gasteiger partial charge in [-0.2, -0.15) is 0 Å². The standard InChI is InChI=1S/C23H29NO/c1-6-8-13-25-23-12-11-21(16-24-23)20-10-9-18(4)22(15-20)14-19(5)17(3)7-2/h7,9-12,15-16H,5-6,8,13-14H2,1-4H3/b17-7+. The summed E-state index contributed by atoms with van der Waals surface area (Å²) in [4.78, 5) is 4.43. The lowest BCUT2D eigenvalue weighted by Crippen LogP contribution is -1.98. The molecule has 0 amide bonds. The third kappa shape index (κ3) is 5.32. The van der Waals surface area contributed by atoms with Crippen LogP contribution < -0.4 is 4.74 Å². The van der Waals surface area contributed by atoms with Crippen molar-refractivity contribution < 1.29 is 4.74 Å². The number of pyridine rings is 1. The molecular weight excluding hydrogens is 306 g/mol. The number of unbranched alkanes of at least 4 members (excludes halogenated alkanes) is 1. The molecule has 25 heavy (non-hydrogen) atoms. The van der Waals surface area contributed by atoms with E-state index in [1.165, 1.54) is 27.8 Å². The lowest BCUT2D eigenvalue weighted by Gasteiger charge is -2.12. The predicted octanol–water partition coefficient (Wildman–Crippen LogP) is 6.30. The van der Waals surface area contributed by atoms with Gasteiger partial charge in [-0.15, -0.1) is 0 Å². The van der Waals surface area contributed by atoms with Gasteiger partial charge in [0, 0.05) is 17.8 Å². The summed E-state index contributed by atoms with van der Waals surface area (Å²) in [6.07, 6.45) is 7.06. The van der Waals surface area contributed by atoms with E-state index >= 15 is 0 Å². The number of nitrogens with zero attached hydrogens (tertiary/aromatic N) is 1. The van der Waals surface area contributed by atoms with Crippen LogP contribution >= 0.6 is 0 Å². The SMILES string of the molecule is C=C(Cc1cc(-c2ccc(OCCCC)nc2)ccc1C)/C(C)=C/C. The van der Waals surface area contributed by atoms with E-state index in [0.29, 0.717) is 5.88 Å². The van der Waals surface area contributed by atoms with E-state index in [0.717, 1.165) is 31.4 Å². The summed E-state index contributed by atoms with van der Waals surface area (Å²) in [5.74, 6) is 0.696. The lowest BCUT2D eigenvalue weighted by molar-refractivity contribution is 0.298. The van der Waals surface area contributed by atoms with Crippen LogP contribution in [0.25, 0.3) is 11.1 Å². The van der Waals surface area contributed by atoms with Crippen LogP contribution in [0, 0.1) is 6.92 Å². The molecule has 0 aliphatic heterocycles. The summed E-state index contributed by atoms with van der Waals surface area (Å²) >= 11 is 0. The molecule has 0 aliphatic carbocycles. The Morgan fingerprint density at radius 2 is 1.96 bits per heavy atom. The van der Waals surface area contributed by atoms with Crippen LogP contribution in [0.15, 0.2) is 60.3 Å². The first-order valence-corrected chi connectivity index (χ1v) is 9.05. The van der Waals surface area contributed by atoms with Crippen LogP contribution in [-0.2, 0) is 6.42 Å². The van der Waals surface area contributed by atoms with Crippen molar-refractivity contribution in [2.75, 3.05) is 6.61 Å². The number of hydrogen-bond acceptors (Lipinski definition) is 2. The fraction of sp³-hybridized carbons (Fsp3) is 0.348. The van der Waals surface area contributed by atoms with Crippen molar-refractivity contribution >= 4 is 0 Å². The van der Waals surface area contributed by atoms with Crippen LogP contribution in [0.2, 0.25) is 0 Å². The first-order valence-electron chi connectivity index (χ1n) is 9.05. The second-order valence-electron chi connectivity index (χ2n) is 6.48. The van der Waals surface area contributed by atoms with Crippen LogP contribution in [0.3, 0.4) is 0 Å². The van der Waals surface area contributed by atoms with Crippen LogP contribution in [-0.4, -0.2) is 11.6 Å². The van der Waals surface area contributed by atoms with Crippen molar-refractivity contribution in [1.82, 2.24) is 4.98 Å². The average molecular weight is 335 g/mol. The predicted molar refractivity (Wildman–Crippen MR) is 107 cm³/mol. The van der Waals surface area contributed by atoms with E-state index in [2.05, 4.69) is 69.6 Å². The fourth-order valence-electron chi connectivity index (χ4n) is 2.57. The Morgan fingerprint density at radius 3 is 2.60 bits per heavy atom. The maximum absolute atomic E-state index is 5.64. The third-order valence-electron chi connectivity index (χ3n) is 4.56. The fourth-order valence-corrected chi connectivity index (χ4v) is 2.57. The molecule has 0 atom stereocenters. The second kappa shape index (κ2) is 9.22. The highest BCUT2D eigenvalue weighted by molar-refractivity contribution is 5.64. The smallest absolute Gasteiger partial charge is 0.213 e. The Bertz CT molecular complexity index is 741. The molecule has 0 saturated carbocycles. The van der Waals surface area contributed by atoms with Gasteiger partial charge < -0.3 is 4.74 Å². The molecule has 2 nitrogen and oxygen atoms in total. The van der Waals surface area contributed by atoms with Crippen molar-refractivity contribution in [3.8, 4) is 17.0 Å². The first-order chi connectivity index (χ1) is 12.0. The minimum atomic E-state index is 0.696. The molecule has 1 aromatic heterocycles. The van der Waals surface area contributed by atoms with Gasteiger partial charge in [-0.1, -0.05) is 49.8 Å². The van der Waals surface area contributed by atoms with Gasteiger partial charge >= 0.3 is 0 Å². The van der Waals surface area contributed by atoms with Gasteiger partial charge in [0.1, 0.15) is 0 Å². The van der Waals surface area contributed by atoms with Crippen molar-refractivity contribution in [3.05, 3.63) is 71.5 Å². The first kappa shape index (κ1) is 19.0. The second-order valence-corrected chi connectivity index (χ2v) is 6.48. The molecule has 1 heterocycles. The molecule has 0 radical (unpaired) electrons. The molecule has 132 valence electrons. The van der Waals surface area contributed by atoms with Crippen LogP contribution in [0.1, 0.15) is 44.7 Å². The molecule has 1 aromatic carbocycles. The summed E-state index contributed by atoms with van der Waals surface area (Å²) < 4.78 is 5.64. The minimum Gasteiger partial charge on any atom is -0.478 e. The van der Waals surface area contributed by atoms with Gasteiger partial charge in [-0.3, -0.25) is 0 Å². The molecule has 2 aromatic rings. The monoisotopic (exact) mass is 335 g/mol. The summed E-state index contributed by atoms with van der Waals surface area (Å²) in [6, 6.07) is 10.6. The highest BCUT2D eigenvalue weighted by Gasteiger charge is 2.06. The molecule has 0 spiro atoms. The van der Waals surface area contributed by atoms with Crippen molar-refractivity contribution in [1.29, 1.82) is 0 Å². The largest absolute Gasteiger partial charge is 0.478 e. The number of rotatable bonds is 8. The molecule has 0 fully saturated rings. The van der Waals surface area contributed by atoms with Gasteiger partial charge in [0.05, 0.1) is 6.61 Å². The Morgan fingerprint density at radius 1 is 1.20 bits per heavy atom. The van der Waals surface area contributed by atoms with E-state index in [4.69, 9.17) is 4.74 Å². The van der Waals surface area contributed by atoms with Crippen LogP contribution in [0.4, 0.5) is 0 Å². The zero-order valence-corrected chi connectivity index (χ0v) is 15.9. The minimum absolute atomic E-state index is 0.696. The Balaban J connectivity index is 2.17. The van der Waals surface area contributed by atoms with Crippen molar-refractivity contribution in [2.45, 2.75) is 47.0 Å². The van der Waals surface area contributed by atoms with Gasteiger partial charge in [-0.05, 0) is 61.9 Å². The van der Waals surface area contributed by atoms with Crippen LogP contribution in [0.5, 0.6) is 5.88 Å². The van der Waals surface area contributed by atoms with Gasteiger partial charge in [0.15, 0.2) is 0 Å². The molecule has 0 unspecified atom stereocenters. The number of ether oxygens (including phenoxy) is 1.